The van der Waals surface area contributed by atoms with Crippen molar-refractivity contribution in [3.8, 4) is 0 Å². The van der Waals surface area contributed by atoms with Gasteiger partial charge < -0.3 is 31.1 Å². The topological polar surface area (TPSA) is 173 Å². The zero-order valence-electron chi connectivity index (χ0n) is 16.9. The molecule has 1 fully saturated rings. The standard InChI is InChI=1S/C20H28N2O8/c1-9(23)15(19(27)28)21-12-8-13(25)17(22-16(10(2)24)20(29)30)14(18(12)26)11-6-4-3-5-7-11/h8-11,15-16,21-24H,3-7H2,1-2H3,(H,27,28)(H,29,30)/t9-,10-,15+,16+/m1/s1. The molecule has 30 heavy (non-hydrogen) atoms. The number of allylic oxidation sites excluding steroid dienone is 2. The van der Waals surface area contributed by atoms with Gasteiger partial charge in [0.2, 0.25) is 11.6 Å². The second-order valence-electron chi connectivity index (χ2n) is 7.78. The fourth-order valence-electron chi connectivity index (χ4n) is 3.80. The minimum Gasteiger partial charge on any atom is -0.480 e. The Morgan fingerprint density at radius 3 is 1.90 bits per heavy atom. The van der Waals surface area contributed by atoms with Gasteiger partial charge in [-0.25, -0.2) is 9.59 Å². The van der Waals surface area contributed by atoms with Crippen LogP contribution in [0.2, 0.25) is 0 Å². The highest BCUT2D eigenvalue weighted by Gasteiger charge is 2.38. The van der Waals surface area contributed by atoms with Crippen molar-refractivity contribution < 1.29 is 39.6 Å². The fourth-order valence-corrected chi connectivity index (χ4v) is 3.80. The molecule has 0 radical (unpaired) electrons. The van der Waals surface area contributed by atoms with Crippen LogP contribution in [0, 0.1) is 5.92 Å². The third kappa shape index (κ3) is 5.25. The first-order valence-electron chi connectivity index (χ1n) is 9.94. The van der Waals surface area contributed by atoms with Crippen LogP contribution in [0.4, 0.5) is 0 Å². The number of nitrogens with one attached hydrogen (secondary N) is 2. The first-order chi connectivity index (χ1) is 14.0. The van der Waals surface area contributed by atoms with Crippen molar-refractivity contribution >= 4 is 23.5 Å². The van der Waals surface area contributed by atoms with E-state index in [1.54, 1.807) is 0 Å². The summed E-state index contributed by atoms with van der Waals surface area (Å²) in [5, 5.41) is 43.0. The number of carbonyl (C=O) groups is 4. The number of ketones is 2. The van der Waals surface area contributed by atoms with E-state index in [1.165, 1.54) is 13.8 Å². The number of Topliss-reactive ketones (excluding diaryl/α,β-unsaturated/α-hetero) is 1. The zero-order valence-corrected chi connectivity index (χ0v) is 16.9. The predicted octanol–water partition coefficient (Wildman–Crippen LogP) is -0.296. The smallest absolute Gasteiger partial charge is 0.328 e. The Morgan fingerprint density at radius 1 is 0.933 bits per heavy atom. The van der Waals surface area contributed by atoms with Crippen LogP contribution in [0.3, 0.4) is 0 Å². The average Bonchev–Trinajstić information content (AvgIpc) is 2.66. The van der Waals surface area contributed by atoms with E-state index >= 15 is 0 Å². The molecule has 2 rings (SSSR count). The molecule has 166 valence electrons. The van der Waals surface area contributed by atoms with Crippen LogP contribution >= 0.6 is 0 Å². The van der Waals surface area contributed by atoms with Crippen LogP contribution in [0.1, 0.15) is 46.0 Å². The van der Waals surface area contributed by atoms with E-state index in [2.05, 4.69) is 10.6 Å². The van der Waals surface area contributed by atoms with E-state index in [-0.39, 0.29) is 22.9 Å². The molecule has 10 heteroatoms. The Hall–Kier alpha value is -2.72. The van der Waals surface area contributed by atoms with Crippen molar-refractivity contribution in [2.24, 2.45) is 5.92 Å². The lowest BCUT2D eigenvalue weighted by molar-refractivity contribution is -0.143. The fraction of sp³-hybridized carbons (Fsp3) is 0.600. The minimum absolute atomic E-state index is 0.0892. The maximum Gasteiger partial charge on any atom is 0.328 e. The number of aliphatic hydroxyl groups excluding tert-OH is 2. The number of carbonyl (C=O) groups excluding carboxylic acids is 2. The Bertz CT molecular complexity index is 778. The van der Waals surface area contributed by atoms with Crippen molar-refractivity contribution in [2.75, 3.05) is 0 Å². The van der Waals surface area contributed by atoms with Crippen LogP contribution in [0.5, 0.6) is 0 Å². The highest BCUT2D eigenvalue weighted by atomic mass is 16.4. The molecular weight excluding hydrogens is 396 g/mol. The second kappa shape index (κ2) is 9.86. The number of aliphatic carboxylic acids is 2. The summed E-state index contributed by atoms with van der Waals surface area (Å²) in [6.45, 7) is 2.50. The van der Waals surface area contributed by atoms with E-state index in [0.29, 0.717) is 12.8 Å². The van der Waals surface area contributed by atoms with Gasteiger partial charge in [-0.3, -0.25) is 9.59 Å². The van der Waals surface area contributed by atoms with Crippen molar-refractivity contribution in [1.82, 2.24) is 10.6 Å². The summed E-state index contributed by atoms with van der Waals surface area (Å²) >= 11 is 0. The lowest BCUT2D eigenvalue weighted by Gasteiger charge is -2.31. The Morgan fingerprint density at radius 2 is 1.43 bits per heavy atom. The summed E-state index contributed by atoms with van der Waals surface area (Å²) in [7, 11) is 0. The van der Waals surface area contributed by atoms with Crippen molar-refractivity contribution in [3.05, 3.63) is 23.0 Å². The first kappa shape index (κ1) is 23.6. The van der Waals surface area contributed by atoms with Gasteiger partial charge in [-0.15, -0.1) is 0 Å². The SMILES string of the molecule is C[C@@H](O)[C@H](NC1=CC(=O)C(N[C@H](C(=O)O)[C@@H](C)O)=C(C2CCCCC2)C1=O)C(=O)O. The second-order valence-corrected chi connectivity index (χ2v) is 7.78. The normalized spacial score (nSPS) is 22.1. The van der Waals surface area contributed by atoms with Crippen LogP contribution < -0.4 is 10.6 Å². The quantitative estimate of drug-likeness (QED) is 0.270. The molecule has 0 aromatic heterocycles. The molecule has 0 saturated heterocycles. The van der Waals surface area contributed by atoms with E-state index in [0.717, 1.165) is 25.3 Å². The molecule has 0 aromatic rings. The van der Waals surface area contributed by atoms with Gasteiger partial charge in [-0.1, -0.05) is 19.3 Å². The molecule has 0 amide bonds. The van der Waals surface area contributed by atoms with Gasteiger partial charge in [-0.05, 0) is 32.6 Å². The van der Waals surface area contributed by atoms with Crippen LogP contribution in [0.15, 0.2) is 23.0 Å². The molecule has 2 aliphatic carbocycles. The van der Waals surface area contributed by atoms with Gasteiger partial charge in [0.15, 0.2) is 12.1 Å². The van der Waals surface area contributed by atoms with Crippen molar-refractivity contribution in [1.29, 1.82) is 0 Å². The van der Waals surface area contributed by atoms with Crippen LogP contribution in [-0.2, 0) is 19.2 Å². The van der Waals surface area contributed by atoms with E-state index in [1.807, 2.05) is 0 Å². The molecule has 2 aliphatic rings. The third-order valence-electron chi connectivity index (χ3n) is 5.40. The lowest BCUT2D eigenvalue weighted by atomic mass is 9.78. The van der Waals surface area contributed by atoms with Gasteiger partial charge in [-0.2, -0.15) is 0 Å². The number of carboxylic acid groups (broad SMARTS) is 2. The molecule has 1 saturated carbocycles. The largest absolute Gasteiger partial charge is 0.480 e. The molecule has 0 bridgehead atoms. The molecule has 0 aromatic carbocycles. The Labute approximate surface area is 173 Å². The molecule has 4 atom stereocenters. The summed E-state index contributed by atoms with van der Waals surface area (Å²) in [5.74, 6) is -4.39. The molecule has 0 heterocycles. The number of aliphatic hydroxyl groups is 2. The van der Waals surface area contributed by atoms with Crippen LogP contribution in [-0.4, -0.2) is 68.2 Å². The summed E-state index contributed by atoms with van der Waals surface area (Å²) in [6.07, 6.45) is 2.12. The highest BCUT2D eigenvalue weighted by Crippen LogP contribution is 2.34. The summed E-state index contributed by atoms with van der Waals surface area (Å²) in [4.78, 5) is 48.9. The predicted molar refractivity (Wildman–Crippen MR) is 104 cm³/mol. The summed E-state index contributed by atoms with van der Waals surface area (Å²) in [6, 6.07) is -3.00. The molecule has 10 nitrogen and oxygen atoms in total. The summed E-state index contributed by atoms with van der Waals surface area (Å²) < 4.78 is 0. The van der Waals surface area contributed by atoms with E-state index < -0.39 is 47.8 Å². The number of hydrogen-bond acceptors (Lipinski definition) is 8. The van der Waals surface area contributed by atoms with Crippen LogP contribution in [0.25, 0.3) is 0 Å². The number of rotatable bonds is 9. The molecular formula is C20H28N2O8. The van der Waals surface area contributed by atoms with E-state index in [9.17, 15) is 39.6 Å². The minimum atomic E-state index is -1.50. The first-order valence-corrected chi connectivity index (χ1v) is 9.94. The number of hydrogen-bond donors (Lipinski definition) is 6. The molecule has 0 spiro atoms. The third-order valence-corrected chi connectivity index (χ3v) is 5.40. The molecule has 0 unspecified atom stereocenters. The van der Waals surface area contributed by atoms with Gasteiger partial charge in [0, 0.05) is 11.6 Å². The van der Waals surface area contributed by atoms with Gasteiger partial charge in [0.1, 0.15) is 0 Å². The van der Waals surface area contributed by atoms with Crippen molar-refractivity contribution in [3.63, 3.8) is 0 Å². The van der Waals surface area contributed by atoms with Crippen molar-refractivity contribution in [2.45, 2.75) is 70.2 Å². The zero-order chi connectivity index (χ0) is 22.6. The van der Waals surface area contributed by atoms with Gasteiger partial charge in [0.05, 0.1) is 23.6 Å². The number of carboxylic acids is 2. The van der Waals surface area contributed by atoms with Gasteiger partial charge >= 0.3 is 11.9 Å². The van der Waals surface area contributed by atoms with Gasteiger partial charge in [0.25, 0.3) is 0 Å². The highest BCUT2D eigenvalue weighted by molar-refractivity contribution is 6.22. The Kier molecular flexibility index (Phi) is 7.74. The summed E-state index contributed by atoms with van der Waals surface area (Å²) in [5.41, 5.74) is -0.357. The Balaban J connectivity index is 2.46. The molecule has 6 N–H and O–H groups in total. The maximum atomic E-state index is 13.2. The monoisotopic (exact) mass is 424 g/mol. The average molecular weight is 424 g/mol. The maximum absolute atomic E-state index is 13.2. The lowest BCUT2D eigenvalue weighted by Crippen LogP contribution is -2.50. The van der Waals surface area contributed by atoms with E-state index in [4.69, 9.17) is 0 Å². The molecule has 0 aliphatic heterocycles.